The topological polar surface area (TPSA) is 200 Å². The molecule has 4 saturated heterocycles. The highest BCUT2D eigenvalue weighted by molar-refractivity contribution is 7.98. The van der Waals surface area contributed by atoms with E-state index in [2.05, 4.69) is 15.0 Å². The molecule has 0 saturated carbocycles. The smallest absolute Gasteiger partial charge is 0.330 e. The number of nitrogens with one attached hydrogen (secondary N) is 1. The van der Waals surface area contributed by atoms with Crippen LogP contribution in [0.25, 0.3) is 11.2 Å². The van der Waals surface area contributed by atoms with Crippen LogP contribution in [-0.2, 0) is 34.2 Å². The van der Waals surface area contributed by atoms with Gasteiger partial charge in [-0.3, -0.25) is 18.9 Å². The Balaban J connectivity index is 1.16. The third kappa shape index (κ3) is 4.95. The van der Waals surface area contributed by atoms with Gasteiger partial charge in [0.05, 0.1) is 18.5 Å². The molecular formula is C27H35N7O9S. The Morgan fingerprint density at radius 1 is 0.955 bits per heavy atom. The summed E-state index contributed by atoms with van der Waals surface area (Å²) in [6.07, 6.45) is -3.21. The number of hydrogen-bond acceptors (Lipinski definition) is 14. The standard InChI is InChI=1S/C27H35N7O9S/c1-11-6-15(36)32-25(37)33(11)23-20-18(41-27(4,5)43-20)13(39-23)8-44-9-14-31-16-21(28)29-10-30-22(16)34(14)24-19-17(12(7-35)38-24)40-26(2,3)42-19/h6,10,12-13,17-20,23-24,35H,7-9H2,1-5H3,(H2,28,29,30)(H,32,36,37)/t12-,13-,17-,18-,19-,20-,23-,24-/m1/s1. The molecule has 0 radical (unpaired) electrons. The summed E-state index contributed by atoms with van der Waals surface area (Å²) >= 11 is 1.53. The summed E-state index contributed by atoms with van der Waals surface area (Å²) in [6, 6.07) is 1.35. The number of imidazole rings is 1. The molecule has 17 heteroatoms. The third-order valence-electron chi connectivity index (χ3n) is 8.20. The monoisotopic (exact) mass is 633 g/mol. The zero-order chi connectivity index (χ0) is 31.1. The molecular weight excluding hydrogens is 598 g/mol. The zero-order valence-electron chi connectivity index (χ0n) is 24.8. The van der Waals surface area contributed by atoms with Crippen molar-refractivity contribution in [1.82, 2.24) is 29.1 Å². The number of H-pyrrole nitrogens is 1. The molecule has 0 unspecified atom stereocenters. The first-order chi connectivity index (χ1) is 20.9. The number of hydrogen-bond donors (Lipinski definition) is 3. The van der Waals surface area contributed by atoms with Crippen molar-refractivity contribution in [1.29, 1.82) is 0 Å². The van der Waals surface area contributed by atoms with E-state index in [0.29, 0.717) is 34.2 Å². The van der Waals surface area contributed by atoms with Gasteiger partial charge in [-0.15, -0.1) is 0 Å². The second-order valence-electron chi connectivity index (χ2n) is 12.2. The van der Waals surface area contributed by atoms with Crippen LogP contribution in [0.3, 0.4) is 0 Å². The van der Waals surface area contributed by atoms with Crippen LogP contribution in [0.2, 0.25) is 0 Å². The fourth-order valence-corrected chi connectivity index (χ4v) is 7.56. The van der Waals surface area contributed by atoms with Crippen LogP contribution in [0.15, 0.2) is 22.0 Å². The maximum atomic E-state index is 12.8. The van der Waals surface area contributed by atoms with E-state index >= 15 is 0 Å². The Labute approximate surface area is 255 Å². The molecule has 4 fully saturated rings. The molecule has 4 aliphatic rings. The van der Waals surface area contributed by atoms with Gasteiger partial charge in [-0.25, -0.2) is 19.7 Å². The SMILES string of the molecule is Cc1cc(=O)[nH]c(=O)n1[C@@H]1O[C@H](CSCc2nc3c(N)ncnc3n2[C@@H]2O[C@H](CO)[C@H]3OC(C)(C)O[C@H]32)[C@H]2OC(C)(C)O[C@H]21. The predicted molar refractivity (Wildman–Crippen MR) is 155 cm³/mol. The third-order valence-corrected chi connectivity index (χ3v) is 9.23. The quantitative estimate of drug-likeness (QED) is 0.321. The van der Waals surface area contributed by atoms with Crippen molar-refractivity contribution < 1.29 is 33.5 Å². The molecule has 7 heterocycles. The highest BCUT2D eigenvalue weighted by Crippen LogP contribution is 2.46. The fraction of sp³-hybridized carbons (Fsp3) is 0.667. The van der Waals surface area contributed by atoms with Crippen molar-refractivity contribution in [2.24, 2.45) is 0 Å². The number of ether oxygens (including phenoxy) is 6. The first-order valence-corrected chi connectivity index (χ1v) is 15.5. The predicted octanol–water partition coefficient (Wildman–Crippen LogP) is 0.328. The number of aryl methyl sites for hydroxylation is 1. The molecule has 8 atom stereocenters. The zero-order valence-corrected chi connectivity index (χ0v) is 25.6. The summed E-state index contributed by atoms with van der Waals surface area (Å²) in [4.78, 5) is 40.3. The van der Waals surface area contributed by atoms with E-state index in [4.69, 9.17) is 39.1 Å². The number of fused-ring (bicyclic) bond motifs is 3. The van der Waals surface area contributed by atoms with Crippen LogP contribution in [0.1, 0.15) is 51.7 Å². The van der Waals surface area contributed by atoms with Crippen molar-refractivity contribution in [3.63, 3.8) is 0 Å². The van der Waals surface area contributed by atoms with Gasteiger partial charge in [0.2, 0.25) is 0 Å². The largest absolute Gasteiger partial charge is 0.394 e. The minimum absolute atomic E-state index is 0.224. The minimum Gasteiger partial charge on any atom is -0.394 e. The average Bonchev–Trinajstić information content (AvgIpc) is 3.69. The van der Waals surface area contributed by atoms with Gasteiger partial charge in [0.15, 0.2) is 41.0 Å². The molecule has 3 aromatic heterocycles. The van der Waals surface area contributed by atoms with E-state index in [0.717, 1.165) is 0 Å². The maximum Gasteiger partial charge on any atom is 0.330 e. The summed E-state index contributed by atoms with van der Waals surface area (Å²) in [5.74, 6) is -0.0633. The molecule has 16 nitrogen and oxygen atoms in total. The molecule has 0 bridgehead atoms. The van der Waals surface area contributed by atoms with Gasteiger partial charge in [0.1, 0.15) is 42.7 Å². The van der Waals surface area contributed by atoms with Gasteiger partial charge >= 0.3 is 5.69 Å². The number of aromatic nitrogens is 6. The van der Waals surface area contributed by atoms with Crippen LogP contribution in [-0.4, -0.2) is 94.7 Å². The van der Waals surface area contributed by atoms with Crippen LogP contribution in [0.4, 0.5) is 5.82 Å². The van der Waals surface area contributed by atoms with Crippen molar-refractivity contribution in [3.05, 3.63) is 44.8 Å². The lowest BCUT2D eigenvalue weighted by Gasteiger charge is -2.26. The minimum atomic E-state index is -0.888. The first-order valence-electron chi connectivity index (χ1n) is 14.4. The van der Waals surface area contributed by atoms with Gasteiger partial charge < -0.3 is 39.3 Å². The lowest BCUT2D eigenvalue weighted by Crippen LogP contribution is -2.38. The average molecular weight is 634 g/mol. The number of nitrogens with two attached hydrogens (primary N) is 1. The van der Waals surface area contributed by atoms with E-state index in [9.17, 15) is 14.7 Å². The summed E-state index contributed by atoms with van der Waals surface area (Å²) in [7, 11) is 0. The molecule has 4 N–H and O–H groups in total. The Hall–Kier alpha value is -2.90. The van der Waals surface area contributed by atoms with Crippen LogP contribution < -0.4 is 17.0 Å². The van der Waals surface area contributed by atoms with Crippen molar-refractivity contribution in [2.75, 3.05) is 18.1 Å². The van der Waals surface area contributed by atoms with Crippen LogP contribution >= 0.6 is 11.8 Å². The molecule has 7 rings (SSSR count). The van der Waals surface area contributed by atoms with Gasteiger partial charge in [-0.05, 0) is 34.6 Å². The van der Waals surface area contributed by atoms with E-state index in [1.807, 2.05) is 32.3 Å². The molecule has 0 amide bonds. The fourth-order valence-electron chi connectivity index (χ4n) is 6.56. The highest BCUT2D eigenvalue weighted by atomic mass is 32.2. The van der Waals surface area contributed by atoms with Gasteiger partial charge in [0.25, 0.3) is 5.56 Å². The summed E-state index contributed by atoms with van der Waals surface area (Å²) < 4.78 is 40.5. The molecule has 0 spiro atoms. The lowest BCUT2D eigenvalue weighted by atomic mass is 10.1. The highest BCUT2D eigenvalue weighted by Gasteiger charge is 2.57. The number of nitrogen functional groups attached to an aromatic ring is 1. The number of aromatic amines is 1. The van der Waals surface area contributed by atoms with Crippen molar-refractivity contribution in [3.8, 4) is 0 Å². The number of rotatable bonds is 7. The number of thioether (sulfide) groups is 1. The van der Waals surface area contributed by atoms with Gasteiger partial charge in [0, 0.05) is 17.5 Å². The summed E-state index contributed by atoms with van der Waals surface area (Å²) in [5, 5.41) is 10.0. The van der Waals surface area contributed by atoms with Crippen LogP contribution in [0, 0.1) is 6.92 Å². The second kappa shape index (κ2) is 10.6. The Morgan fingerprint density at radius 3 is 2.23 bits per heavy atom. The first kappa shape index (κ1) is 29.8. The van der Waals surface area contributed by atoms with Crippen molar-refractivity contribution >= 4 is 28.7 Å². The van der Waals surface area contributed by atoms with E-state index in [1.54, 1.807) is 6.92 Å². The van der Waals surface area contributed by atoms with Gasteiger partial charge in [-0.2, -0.15) is 11.8 Å². The maximum absolute atomic E-state index is 12.8. The molecule has 3 aromatic rings. The Bertz CT molecular complexity index is 1710. The van der Waals surface area contributed by atoms with E-state index in [-0.39, 0.29) is 12.4 Å². The molecule has 0 aliphatic carbocycles. The molecule has 44 heavy (non-hydrogen) atoms. The summed E-state index contributed by atoms with van der Waals surface area (Å²) in [5.41, 5.74) is 6.48. The normalized spacial score (nSPS) is 33.7. The van der Waals surface area contributed by atoms with Gasteiger partial charge in [-0.1, -0.05) is 0 Å². The molecule has 238 valence electrons. The lowest BCUT2D eigenvalue weighted by molar-refractivity contribution is -0.199. The number of anilines is 1. The van der Waals surface area contributed by atoms with Crippen LogP contribution in [0.5, 0.6) is 0 Å². The van der Waals surface area contributed by atoms with E-state index < -0.39 is 71.9 Å². The second-order valence-corrected chi connectivity index (χ2v) is 13.3. The van der Waals surface area contributed by atoms with Crippen molar-refractivity contribution in [2.45, 2.75) is 101 Å². The summed E-state index contributed by atoms with van der Waals surface area (Å²) in [6.45, 7) is 8.69. The Morgan fingerprint density at radius 2 is 1.57 bits per heavy atom. The number of nitrogens with zero attached hydrogens (tertiary/aromatic N) is 5. The molecule has 0 aromatic carbocycles. The van der Waals surface area contributed by atoms with E-state index in [1.165, 1.54) is 28.7 Å². The Kier molecular flexibility index (Phi) is 7.17. The molecule has 4 aliphatic heterocycles. The number of aliphatic hydroxyl groups excluding tert-OH is 1. The number of aliphatic hydroxyl groups is 1.